The highest BCUT2D eigenvalue weighted by atomic mass is 32.2. The van der Waals surface area contributed by atoms with Crippen molar-refractivity contribution in [3.05, 3.63) is 35.9 Å². The highest BCUT2D eigenvalue weighted by Gasteiger charge is 2.62. The summed E-state index contributed by atoms with van der Waals surface area (Å²) in [5.74, 6) is 0.483. The first kappa shape index (κ1) is 39.8. The fraction of sp³-hybridized carbons (Fsp3) is 0.758. The molecular weight excluding hydrogens is 674 g/mol. The van der Waals surface area contributed by atoms with Gasteiger partial charge in [0.05, 0.1) is 18.2 Å². The lowest BCUT2D eigenvalue weighted by atomic mass is 9.80. The molecule has 0 N–H and O–H groups in total. The van der Waals surface area contributed by atoms with Crippen molar-refractivity contribution in [2.24, 2.45) is 11.8 Å². The maximum absolute atomic E-state index is 14.3. The molecule has 0 bridgehead atoms. The fourth-order valence-electron chi connectivity index (χ4n) is 6.01. The van der Waals surface area contributed by atoms with Gasteiger partial charge in [0.25, 0.3) is 0 Å². The highest BCUT2D eigenvalue weighted by Crippen LogP contribution is 2.60. The van der Waals surface area contributed by atoms with Gasteiger partial charge in [-0.15, -0.1) is 23.5 Å². The Morgan fingerprint density at radius 2 is 1.54 bits per heavy atom. The molecule has 1 unspecified atom stereocenters. The molecule has 2 aliphatic heterocycles. The van der Waals surface area contributed by atoms with Crippen LogP contribution in [-0.2, 0) is 39.0 Å². The van der Waals surface area contributed by atoms with Crippen LogP contribution in [0.2, 0.25) is 36.3 Å². The van der Waals surface area contributed by atoms with E-state index in [1.807, 2.05) is 37.3 Å². The van der Waals surface area contributed by atoms with E-state index in [4.69, 9.17) is 18.2 Å². The zero-order valence-electron chi connectivity index (χ0n) is 30.3. The molecule has 2 fully saturated rings. The Balaban J connectivity index is 2.09. The third-order valence-corrected chi connectivity index (χ3v) is 26.4. The van der Waals surface area contributed by atoms with E-state index in [0.717, 1.165) is 17.1 Å². The number of carbonyl (C=O) groups is 2. The SMILES string of the molecule is COP(=O)(CC(C[C@H]1[C@H]([C@@H](C)O[Si](C)(C)C(C)(C)C)C(=O)N1[Si](C)(C)C(C)(C)C)C1(C(=O)OCc2ccccc2)SCCS1)OC. The van der Waals surface area contributed by atoms with E-state index in [0.29, 0.717) is 6.42 Å². The molecule has 0 radical (unpaired) electrons. The average Bonchev–Trinajstić information content (AvgIpc) is 3.45. The van der Waals surface area contributed by atoms with Gasteiger partial charge < -0.3 is 22.8 Å². The monoisotopic (exact) mass is 731 g/mol. The largest absolute Gasteiger partial charge is 0.459 e. The van der Waals surface area contributed by atoms with Crippen molar-refractivity contribution in [2.45, 2.75) is 114 Å². The minimum absolute atomic E-state index is 0.0154. The second-order valence-electron chi connectivity index (χ2n) is 15.7. The summed E-state index contributed by atoms with van der Waals surface area (Å²) in [6.45, 7) is 24.4. The van der Waals surface area contributed by atoms with Crippen LogP contribution in [0.15, 0.2) is 30.3 Å². The number of benzene rings is 1. The number of amides is 1. The number of thioether (sulfide) groups is 2. The number of ether oxygens (including phenoxy) is 1. The minimum atomic E-state index is -3.55. The van der Waals surface area contributed by atoms with E-state index in [9.17, 15) is 14.2 Å². The Bertz CT molecular complexity index is 1250. The molecule has 46 heavy (non-hydrogen) atoms. The summed E-state index contributed by atoms with van der Waals surface area (Å²) in [5, 5.41) is -0.110. The van der Waals surface area contributed by atoms with Gasteiger partial charge in [-0.3, -0.25) is 9.36 Å². The molecule has 1 amide bonds. The van der Waals surface area contributed by atoms with Gasteiger partial charge in [0.1, 0.15) is 6.61 Å². The second-order valence-corrected chi connectivity index (χ2v) is 30.8. The second kappa shape index (κ2) is 14.7. The molecular formula is C33H58NO7PS2Si2. The van der Waals surface area contributed by atoms with Crippen LogP contribution in [-0.4, -0.2) is 81.1 Å². The van der Waals surface area contributed by atoms with Crippen LogP contribution in [0.25, 0.3) is 0 Å². The van der Waals surface area contributed by atoms with Crippen LogP contribution in [0.4, 0.5) is 0 Å². The molecule has 8 nitrogen and oxygen atoms in total. The van der Waals surface area contributed by atoms with E-state index < -0.39 is 34.1 Å². The Labute approximate surface area is 288 Å². The maximum atomic E-state index is 14.3. The third-order valence-electron chi connectivity index (χ3n) is 10.8. The van der Waals surface area contributed by atoms with E-state index in [1.54, 1.807) is 23.5 Å². The van der Waals surface area contributed by atoms with Crippen LogP contribution in [0.3, 0.4) is 0 Å². The predicted octanol–water partition coefficient (Wildman–Crippen LogP) is 8.64. The minimum Gasteiger partial charge on any atom is -0.459 e. The first-order valence-corrected chi connectivity index (χ1v) is 25.8. The topological polar surface area (TPSA) is 91.4 Å². The van der Waals surface area contributed by atoms with E-state index >= 15 is 0 Å². The normalized spacial score (nSPS) is 22.4. The summed E-state index contributed by atoms with van der Waals surface area (Å²) in [5.41, 5.74) is 0.903. The van der Waals surface area contributed by atoms with Crippen molar-refractivity contribution in [3.63, 3.8) is 0 Å². The number of esters is 1. The van der Waals surface area contributed by atoms with Gasteiger partial charge >= 0.3 is 13.6 Å². The lowest BCUT2D eigenvalue weighted by Gasteiger charge is -2.61. The number of β-lactam (4-membered cyclic amide) rings is 1. The van der Waals surface area contributed by atoms with Gasteiger partial charge in [-0.1, -0.05) is 85.0 Å². The number of hydrogen-bond acceptors (Lipinski definition) is 9. The van der Waals surface area contributed by atoms with Crippen LogP contribution in [0.1, 0.15) is 60.5 Å². The van der Waals surface area contributed by atoms with Gasteiger partial charge in [0.15, 0.2) is 20.6 Å². The van der Waals surface area contributed by atoms with E-state index in [1.165, 1.54) is 14.2 Å². The lowest BCUT2D eigenvalue weighted by Crippen LogP contribution is -2.75. The van der Waals surface area contributed by atoms with Crippen LogP contribution in [0, 0.1) is 11.8 Å². The molecule has 0 aromatic heterocycles. The summed E-state index contributed by atoms with van der Waals surface area (Å²) < 4.78 is 38.8. The Kier molecular flexibility index (Phi) is 12.7. The highest BCUT2D eigenvalue weighted by molar-refractivity contribution is 8.22. The lowest BCUT2D eigenvalue weighted by molar-refractivity contribution is -0.155. The summed E-state index contributed by atoms with van der Waals surface area (Å²) in [6, 6.07) is 9.44. The molecule has 2 heterocycles. The van der Waals surface area contributed by atoms with Gasteiger partial charge in [0, 0.05) is 37.7 Å². The summed E-state index contributed by atoms with van der Waals surface area (Å²) in [6.07, 6.45) is 0.202. The van der Waals surface area contributed by atoms with Gasteiger partial charge in [0.2, 0.25) is 5.91 Å². The smallest absolute Gasteiger partial charge is 0.333 e. The molecule has 4 atom stereocenters. The van der Waals surface area contributed by atoms with Crippen LogP contribution >= 0.6 is 31.1 Å². The quantitative estimate of drug-likeness (QED) is 0.0807. The van der Waals surface area contributed by atoms with Crippen molar-refractivity contribution >= 4 is 59.5 Å². The molecule has 0 spiro atoms. The molecule has 13 heteroatoms. The molecule has 2 saturated heterocycles. The number of rotatable bonds is 14. The summed E-state index contributed by atoms with van der Waals surface area (Å²) >= 11 is 3.11. The summed E-state index contributed by atoms with van der Waals surface area (Å²) in [4.78, 5) is 28.5. The number of nitrogens with zero attached hydrogens (tertiary/aromatic N) is 1. The first-order chi connectivity index (χ1) is 21.1. The standard InChI is InChI=1S/C33H58NO7PS2Si2/c1-24(41-46(12,13)32(5,6)7)28-27(34(29(28)35)45(10,11)31(2,3)4)21-26(23-42(37,38-8)39-9)33(43-19-20-44-33)30(36)40-22-25-17-15-14-16-18-25/h14-18,24,26-28H,19-23H2,1-13H3/t24-,26?,27+,28+/m1/s1. The third kappa shape index (κ3) is 8.23. The van der Waals surface area contributed by atoms with Gasteiger partial charge in [-0.05, 0) is 42.1 Å². The molecule has 0 saturated carbocycles. The zero-order chi connectivity index (χ0) is 34.9. The van der Waals surface area contributed by atoms with Gasteiger partial charge in [-0.25, -0.2) is 4.79 Å². The summed E-state index contributed by atoms with van der Waals surface area (Å²) in [7, 11) is -5.30. The molecule has 262 valence electrons. The molecule has 1 aromatic carbocycles. The van der Waals surface area contributed by atoms with E-state index in [-0.39, 0.29) is 52.8 Å². The van der Waals surface area contributed by atoms with E-state index in [2.05, 4.69) is 72.3 Å². The number of carbonyl (C=O) groups excluding carboxylic acids is 2. The Morgan fingerprint density at radius 1 is 1.00 bits per heavy atom. The number of hydrogen-bond donors (Lipinski definition) is 0. The predicted molar refractivity (Wildman–Crippen MR) is 198 cm³/mol. The fourth-order valence-corrected chi connectivity index (χ4v) is 14.9. The van der Waals surface area contributed by atoms with Crippen molar-refractivity contribution in [1.82, 2.24) is 4.57 Å². The molecule has 2 aliphatic rings. The van der Waals surface area contributed by atoms with Crippen molar-refractivity contribution in [3.8, 4) is 0 Å². The van der Waals surface area contributed by atoms with Crippen LogP contribution in [0.5, 0.6) is 0 Å². The zero-order valence-corrected chi connectivity index (χ0v) is 34.8. The average molecular weight is 732 g/mol. The molecule has 3 rings (SSSR count). The first-order valence-electron chi connectivity index (χ1n) is 16.3. The molecule has 0 aliphatic carbocycles. The maximum Gasteiger partial charge on any atom is 0.333 e. The molecule has 1 aromatic rings. The Morgan fingerprint density at radius 3 is 2.02 bits per heavy atom. The van der Waals surface area contributed by atoms with Crippen LogP contribution < -0.4 is 0 Å². The Hall–Kier alpha value is -0.596. The van der Waals surface area contributed by atoms with Gasteiger partial charge in [-0.2, -0.15) is 0 Å². The van der Waals surface area contributed by atoms with Crippen molar-refractivity contribution < 1.29 is 32.4 Å². The van der Waals surface area contributed by atoms with Crippen molar-refractivity contribution in [1.29, 1.82) is 0 Å². The van der Waals surface area contributed by atoms with Crippen molar-refractivity contribution in [2.75, 3.05) is 31.9 Å².